The summed E-state index contributed by atoms with van der Waals surface area (Å²) >= 11 is 2.37. The van der Waals surface area contributed by atoms with Crippen LogP contribution in [0, 0.1) is 18.3 Å². The van der Waals surface area contributed by atoms with Crippen molar-refractivity contribution in [2.45, 2.75) is 37.1 Å². The second kappa shape index (κ2) is 12.3. The molecule has 3 aromatic rings. The summed E-state index contributed by atoms with van der Waals surface area (Å²) in [7, 11) is 1.91. The average Bonchev–Trinajstić information content (AvgIpc) is 3.52. The number of thioether (sulfide) groups is 1. The molecule has 2 aromatic carbocycles. The third kappa shape index (κ3) is 6.27. The number of rotatable bonds is 13. The zero-order valence-electron chi connectivity index (χ0n) is 22.9. The second-order valence-corrected chi connectivity index (χ2v) is 12.7. The van der Waals surface area contributed by atoms with Crippen molar-refractivity contribution in [1.82, 2.24) is 14.8 Å². The first-order valence-corrected chi connectivity index (χ1v) is 15.7. The molecule has 2 heterocycles. The van der Waals surface area contributed by atoms with E-state index < -0.39 is 0 Å². The van der Waals surface area contributed by atoms with E-state index in [0.717, 1.165) is 72.0 Å². The van der Waals surface area contributed by atoms with E-state index in [-0.39, 0.29) is 5.50 Å². The number of benzene rings is 2. The summed E-state index contributed by atoms with van der Waals surface area (Å²) in [5.41, 5.74) is 11.9. The number of likely N-dealkylation sites (tertiary alicyclic amines) is 1. The SMILES string of the molecule is Cc1ccc2c(C(=N)N(C)C(N)SCCCN3CC4CC4(c4ccc(NCCC[S+]=O)cc4)C3)cccc2n1. The van der Waals surface area contributed by atoms with Gasteiger partial charge in [0.25, 0.3) is 0 Å². The van der Waals surface area contributed by atoms with Crippen LogP contribution in [0.1, 0.15) is 36.1 Å². The van der Waals surface area contributed by atoms with Crippen LogP contribution in [0.25, 0.3) is 10.9 Å². The minimum Gasteiger partial charge on any atom is -0.385 e. The highest BCUT2D eigenvalue weighted by molar-refractivity contribution is 7.99. The van der Waals surface area contributed by atoms with Crippen LogP contribution in [0.5, 0.6) is 0 Å². The van der Waals surface area contributed by atoms with Crippen LogP contribution < -0.4 is 11.1 Å². The van der Waals surface area contributed by atoms with Crippen LogP contribution in [-0.4, -0.2) is 70.8 Å². The zero-order chi connectivity index (χ0) is 27.4. The van der Waals surface area contributed by atoms with E-state index in [4.69, 9.17) is 11.1 Å². The molecule has 3 atom stereocenters. The van der Waals surface area contributed by atoms with Crippen molar-refractivity contribution >= 4 is 45.9 Å². The molecule has 4 N–H and O–H groups in total. The van der Waals surface area contributed by atoms with E-state index in [2.05, 4.69) is 39.5 Å². The third-order valence-electron chi connectivity index (χ3n) is 8.18. The molecule has 0 bridgehead atoms. The van der Waals surface area contributed by atoms with Gasteiger partial charge in [0.15, 0.2) is 0 Å². The summed E-state index contributed by atoms with van der Waals surface area (Å²) in [6, 6.07) is 18.9. The number of nitrogens with zero attached hydrogens (tertiary/aromatic N) is 3. The first kappa shape index (κ1) is 28.0. The largest absolute Gasteiger partial charge is 0.458 e. The Morgan fingerprint density at radius 1 is 1.26 bits per heavy atom. The van der Waals surface area contributed by atoms with Crippen molar-refractivity contribution in [3.63, 3.8) is 0 Å². The van der Waals surface area contributed by atoms with Crippen LogP contribution >= 0.6 is 11.8 Å². The number of piperidine rings is 1. The predicted molar refractivity (Wildman–Crippen MR) is 165 cm³/mol. The molecule has 9 heteroatoms. The normalized spacial score (nSPS) is 20.9. The molecule has 2 fully saturated rings. The summed E-state index contributed by atoms with van der Waals surface area (Å²) in [6.45, 7) is 6.24. The van der Waals surface area contributed by atoms with Crippen LogP contribution in [0.2, 0.25) is 0 Å². The first-order valence-electron chi connectivity index (χ1n) is 13.8. The van der Waals surface area contributed by atoms with Crippen molar-refractivity contribution < 1.29 is 4.21 Å². The molecule has 39 heavy (non-hydrogen) atoms. The van der Waals surface area contributed by atoms with Crippen molar-refractivity contribution in [2.24, 2.45) is 11.7 Å². The molecule has 1 saturated heterocycles. The average molecular weight is 564 g/mol. The fourth-order valence-corrected chi connectivity index (χ4v) is 7.00. The van der Waals surface area contributed by atoms with Crippen molar-refractivity contribution in [2.75, 3.05) is 50.0 Å². The number of nitrogens with two attached hydrogens (primary N) is 1. The van der Waals surface area contributed by atoms with Crippen LogP contribution in [0.3, 0.4) is 0 Å². The van der Waals surface area contributed by atoms with Gasteiger partial charge < -0.3 is 20.9 Å². The molecule has 3 unspecified atom stereocenters. The number of aromatic nitrogens is 1. The van der Waals surface area contributed by atoms with Gasteiger partial charge in [0.1, 0.15) is 11.3 Å². The van der Waals surface area contributed by atoms with E-state index in [1.165, 1.54) is 18.5 Å². The number of fused-ring (bicyclic) bond motifs is 2. The van der Waals surface area contributed by atoms with Gasteiger partial charge in [-0.25, -0.2) is 0 Å². The molecule has 1 aliphatic heterocycles. The van der Waals surface area contributed by atoms with E-state index in [0.29, 0.717) is 28.7 Å². The lowest BCUT2D eigenvalue weighted by Crippen LogP contribution is -2.41. The second-order valence-electron chi connectivity index (χ2n) is 10.9. The Hall–Kier alpha value is -2.59. The van der Waals surface area contributed by atoms with Gasteiger partial charge in [-0.3, -0.25) is 10.4 Å². The van der Waals surface area contributed by atoms with Gasteiger partial charge in [0, 0.05) is 65.1 Å². The number of nitrogens with one attached hydrogen (secondary N) is 2. The van der Waals surface area contributed by atoms with Crippen molar-refractivity contribution in [3.05, 3.63) is 71.4 Å². The lowest BCUT2D eigenvalue weighted by Gasteiger charge is -2.27. The smallest absolute Gasteiger partial charge is 0.385 e. The van der Waals surface area contributed by atoms with E-state index in [9.17, 15) is 4.21 Å². The third-order valence-corrected chi connectivity index (χ3v) is 9.82. The van der Waals surface area contributed by atoms with Gasteiger partial charge in [0.05, 0.1) is 5.52 Å². The van der Waals surface area contributed by atoms with Crippen molar-refractivity contribution in [3.8, 4) is 0 Å². The summed E-state index contributed by atoms with van der Waals surface area (Å²) in [4.78, 5) is 9.08. The van der Waals surface area contributed by atoms with Gasteiger partial charge in [-0.1, -0.05) is 30.3 Å². The van der Waals surface area contributed by atoms with E-state index >= 15 is 0 Å². The molecule has 1 saturated carbocycles. The zero-order valence-corrected chi connectivity index (χ0v) is 24.5. The fraction of sp³-hybridized carbons (Fsp3) is 0.467. The molecule has 1 aromatic heterocycles. The quantitative estimate of drug-likeness (QED) is 0.0914. The Morgan fingerprint density at radius 3 is 2.87 bits per heavy atom. The van der Waals surface area contributed by atoms with Crippen LogP contribution in [0.15, 0.2) is 54.6 Å². The number of hydrogen-bond donors (Lipinski definition) is 3. The maximum Gasteiger partial charge on any atom is 0.458 e. The van der Waals surface area contributed by atoms with Crippen LogP contribution in [0.4, 0.5) is 5.69 Å². The molecular weight excluding hydrogens is 525 g/mol. The van der Waals surface area contributed by atoms with Gasteiger partial charge in [-0.05, 0) is 67.8 Å². The number of aryl methyl sites for hydroxylation is 1. The molecule has 1 aliphatic carbocycles. The topological polar surface area (TPSA) is 98.3 Å². The Kier molecular flexibility index (Phi) is 8.81. The Morgan fingerprint density at radius 2 is 2.08 bits per heavy atom. The summed E-state index contributed by atoms with van der Waals surface area (Å²) < 4.78 is 10.5. The highest BCUT2D eigenvalue weighted by atomic mass is 32.2. The maximum absolute atomic E-state index is 10.5. The Bertz CT molecular complexity index is 1320. The predicted octanol–water partition coefficient (Wildman–Crippen LogP) is 4.67. The Balaban J connectivity index is 1.06. The number of hydrogen-bond acceptors (Lipinski definition) is 7. The monoisotopic (exact) mass is 563 g/mol. The minimum atomic E-state index is -0.268. The molecule has 0 amide bonds. The summed E-state index contributed by atoms with van der Waals surface area (Å²) in [5.74, 6) is 2.81. The molecule has 2 aliphatic rings. The molecule has 0 spiro atoms. The van der Waals surface area contributed by atoms with E-state index in [1.807, 2.05) is 49.2 Å². The molecule has 7 nitrogen and oxygen atoms in total. The lowest BCUT2D eigenvalue weighted by atomic mass is 9.95. The van der Waals surface area contributed by atoms with Crippen LogP contribution in [-0.2, 0) is 21.3 Å². The molecule has 206 valence electrons. The van der Waals surface area contributed by atoms with Gasteiger partial charge in [0.2, 0.25) is 5.75 Å². The van der Waals surface area contributed by atoms with Gasteiger partial charge >= 0.3 is 11.7 Å². The maximum atomic E-state index is 10.5. The number of anilines is 1. The summed E-state index contributed by atoms with van der Waals surface area (Å²) in [6.07, 6.45) is 3.28. The molecular formula is C30H39N6OS2+. The fourth-order valence-electron chi connectivity index (χ4n) is 5.87. The highest BCUT2D eigenvalue weighted by Crippen LogP contribution is 2.59. The minimum absolute atomic E-state index is 0.268. The Labute approximate surface area is 239 Å². The summed E-state index contributed by atoms with van der Waals surface area (Å²) in [5, 5.41) is 13.2. The molecule has 5 rings (SSSR count). The van der Waals surface area contributed by atoms with Gasteiger partial charge in [-0.15, -0.1) is 11.8 Å². The number of amidine groups is 1. The van der Waals surface area contributed by atoms with Gasteiger partial charge in [-0.2, -0.15) is 0 Å². The number of pyridine rings is 1. The van der Waals surface area contributed by atoms with E-state index in [1.54, 1.807) is 11.8 Å². The standard InChI is InChI=1S/C30H39N6OS2/c1-21-8-13-25-26(6-3-7-27(25)34-21)28(31)35(2)29(32)38-16-5-15-36-19-23-18-30(23,20-36)22-9-11-24(12-10-22)33-14-4-17-39-37/h3,6-13,23,29,31,33H,4-5,14-20,32H2,1-2H3/q+1. The van der Waals surface area contributed by atoms with Crippen molar-refractivity contribution in [1.29, 1.82) is 5.41 Å². The first-order chi connectivity index (χ1) is 18.9. The lowest BCUT2D eigenvalue weighted by molar-refractivity contribution is 0.299. The highest BCUT2D eigenvalue weighted by Gasteiger charge is 2.60. The molecule has 0 radical (unpaired) electrons.